The quantitative estimate of drug-likeness (QED) is 0.678. The number of nitrogens with one attached hydrogen (secondary N) is 1. The van der Waals surface area contributed by atoms with E-state index in [2.05, 4.69) is 10.5 Å². The predicted molar refractivity (Wildman–Crippen MR) is 97.2 cm³/mol. The Labute approximate surface area is 151 Å². The smallest absolute Gasteiger partial charge is 0.271 e. The number of carbonyl (C=O) groups excluding carboxylic acids is 1. The molecule has 1 fully saturated rings. The van der Waals surface area contributed by atoms with Gasteiger partial charge < -0.3 is 14.2 Å². The zero-order chi connectivity index (χ0) is 18.0. The zero-order valence-corrected chi connectivity index (χ0v) is 14.5. The van der Waals surface area contributed by atoms with Gasteiger partial charge in [0.25, 0.3) is 5.91 Å². The van der Waals surface area contributed by atoms with Crippen LogP contribution in [0.25, 0.3) is 0 Å². The van der Waals surface area contributed by atoms with Crippen LogP contribution in [0.15, 0.2) is 47.6 Å². The number of hydrogen-bond acceptors (Lipinski definition) is 5. The van der Waals surface area contributed by atoms with E-state index >= 15 is 0 Å². The highest BCUT2D eigenvalue weighted by Crippen LogP contribution is 2.49. The topological polar surface area (TPSA) is 69.2 Å². The van der Waals surface area contributed by atoms with Crippen molar-refractivity contribution in [2.75, 3.05) is 20.3 Å². The van der Waals surface area contributed by atoms with Crippen LogP contribution in [0, 0.1) is 5.41 Å². The molecule has 0 radical (unpaired) electrons. The van der Waals surface area contributed by atoms with Crippen LogP contribution in [0.4, 0.5) is 0 Å². The average molecular weight is 352 g/mol. The van der Waals surface area contributed by atoms with Gasteiger partial charge >= 0.3 is 0 Å². The summed E-state index contributed by atoms with van der Waals surface area (Å²) < 4.78 is 16.8. The van der Waals surface area contributed by atoms with Crippen molar-refractivity contribution < 1.29 is 19.0 Å². The molecule has 2 aromatic rings. The second-order valence-electron chi connectivity index (χ2n) is 6.71. The van der Waals surface area contributed by atoms with Gasteiger partial charge in [0.1, 0.15) is 5.75 Å². The molecule has 26 heavy (non-hydrogen) atoms. The standard InChI is InChI=1S/C20H20N2O4/c1-24-16-4-2-3-14(9-16)11-21-22-19(23)15-5-6-17-18(10-15)26-13-20(7-8-20)12-25-17/h2-6,9-11H,7-8,12-13H2,1H3,(H,22,23)/b21-11-. The molecule has 1 spiro atoms. The van der Waals surface area contributed by atoms with E-state index in [0.717, 1.165) is 24.2 Å². The molecule has 1 amide bonds. The summed E-state index contributed by atoms with van der Waals surface area (Å²) in [7, 11) is 1.60. The Hall–Kier alpha value is -3.02. The van der Waals surface area contributed by atoms with Crippen LogP contribution in [-0.2, 0) is 0 Å². The second-order valence-corrected chi connectivity index (χ2v) is 6.71. The van der Waals surface area contributed by atoms with Gasteiger partial charge in [-0.05, 0) is 48.7 Å². The Kier molecular flexibility index (Phi) is 4.24. The van der Waals surface area contributed by atoms with Gasteiger partial charge in [0.05, 0.1) is 26.5 Å². The Bertz CT molecular complexity index is 859. The lowest BCUT2D eigenvalue weighted by Crippen LogP contribution is -2.18. The molecule has 0 atom stereocenters. The Morgan fingerprint density at radius 3 is 2.73 bits per heavy atom. The van der Waals surface area contributed by atoms with Crippen molar-refractivity contribution in [2.45, 2.75) is 12.8 Å². The number of hydrazone groups is 1. The molecule has 2 aliphatic rings. The molecule has 1 saturated carbocycles. The van der Waals surface area contributed by atoms with Crippen molar-refractivity contribution in [3.63, 3.8) is 0 Å². The Balaban J connectivity index is 1.42. The number of ether oxygens (including phenoxy) is 3. The number of nitrogens with zero attached hydrogens (tertiary/aromatic N) is 1. The summed E-state index contributed by atoms with van der Waals surface area (Å²) in [4.78, 5) is 12.3. The molecule has 6 heteroatoms. The van der Waals surface area contributed by atoms with Crippen molar-refractivity contribution in [3.8, 4) is 17.2 Å². The molecule has 4 rings (SSSR count). The third kappa shape index (κ3) is 3.49. The number of hydrogen-bond donors (Lipinski definition) is 1. The minimum absolute atomic E-state index is 0.169. The summed E-state index contributed by atoms with van der Waals surface area (Å²) in [5.41, 5.74) is 4.00. The fourth-order valence-corrected chi connectivity index (χ4v) is 2.80. The van der Waals surface area contributed by atoms with Gasteiger partial charge in [0.2, 0.25) is 0 Å². The van der Waals surface area contributed by atoms with Crippen molar-refractivity contribution in [1.29, 1.82) is 0 Å². The lowest BCUT2D eigenvalue weighted by atomic mass is 10.1. The predicted octanol–water partition coefficient (Wildman–Crippen LogP) is 3.01. The summed E-state index contributed by atoms with van der Waals surface area (Å²) in [5, 5.41) is 4.00. The third-order valence-electron chi connectivity index (χ3n) is 4.70. The monoisotopic (exact) mass is 352 g/mol. The minimum Gasteiger partial charge on any atom is -0.497 e. The van der Waals surface area contributed by atoms with E-state index in [9.17, 15) is 4.79 Å². The molecule has 6 nitrogen and oxygen atoms in total. The van der Waals surface area contributed by atoms with Gasteiger partial charge in [-0.1, -0.05) is 12.1 Å². The summed E-state index contributed by atoms with van der Waals surface area (Å²) in [6.45, 7) is 1.31. The van der Waals surface area contributed by atoms with E-state index in [-0.39, 0.29) is 11.3 Å². The normalized spacial score (nSPS) is 17.0. The highest BCUT2D eigenvalue weighted by atomic mass is 16.5. The average Bonchev–Trinajstić information content (AvgIpc) is 3.48. The SMILES string of the molecule is COc1cccc(/C=N\NC(=O)c2ccc3c(c2)OCC2(CC2)CO3)c1. The summed E-state index contributed by atoms with van der Waals surface area (Å²) in [6, 6.07) is 12.6. The van der Waals surface area contributed by atoms with Crippen molar-refractivity contribution in [1.82, 2.24) is 5.43 Å². The maximum atomic E-state index is 12.3. The summed E-state index contributed by atoms with van der Waals surface area (Å²) in [6.07, 6.45) is 3.83. The molecular formula is C20H20N2O4. The Morgan fingerprint density at radius 1 is 1.15 bits per heavy atom. The second kappa shape index (κ2) is 6.71. The molecule has 0 aromatic heterocycles. The molecule has 0 unspecified atom stereocenters. The Morgan fingerprint density at radius 2 is 1.96 bits per heavy atom. The van der Waals surface area contributed by atoms with E-state index in [1.807, 2.05) is 24.3 Å². The van der Waals surface area contributed by atoms with Gasteiger partial charge in [0.15, 0.2) is 11.5 Å². The van der Waals surface area contributed by atoms with Crippen molar-refractivity contribution >= 4 is 12.1 Å². The van der Waals surface area contributed by atoms with Gasteiger partial charge in [-0.15, -0.1) is 0 Å². The van der Waals surface area contributed by atoms with Crippen LogP contribution in [0.2, 0.25) is 0 Å². The van der Waals surface area contributed by atoms with Gasteiger partial charge in [0, 0.05) is 11.0 Å². The number of fused-ring (bicyclic) bond motifs is 1. The number of amides is 1. The highest BCUT2D eigenvalue weighted by molar-refractivity contribution is 5.95. The van der Waals surface area contributed by atoms with E-state index in [4.69, 9.17) is 14.2 Å². The van der Waals surface area contributed by atoms with Crippen molar-refractivity contribution in [3.05, 3.63) is 53.6 Å². The fourth-order valence-electron chi connectivity index (χ4n) is 2.80. The van der Waals surface area contributed by atoms with Crippen LogP contribution in [0.3, 0.4) is 0 Å². The molecule has 1 aliphatic heterocycles. The van der Waals surface area contributed by atoms with E-state index < -0.39 is 0 Å². The largest absolute Gasteiger partial charge is 0.497 e. The van der Waals surface area contributed by atoms with Crippen molar-refractivity contribution in [2.24, 2.45) is 10.5 Å². The first-order chi connectivity index (χ1) is 12.7. The van der Waals surface area contributed by atoms with Gasteiger partial charge in [-0.3, -0.25) is 4.79 Å². The van der Waals surface area contributed by atoms with E-state index in [0.29, 0.717) is 30.3 Å². The highest BCUT2D eigenvalue weighted by Gasteiger charge is 2.46. The molecule has 0 bridgehead atoms. The number of benzene rings is 2. The lowest BCUT2D eigenvalue weighted by molar-refractivity contribution is 0.0954. The number of carbonyl (C=O) groups is 1. The molecule has 0 saturated heterocycles. The zero-order valence-electron chi connectivity index (χ0n) is 14.5. The first-order valence-corrected chi connectivity index (χ1v) is 8.55. The lowest BCUT2D eigenvalue weighted by Gasteiger charge is -2.09. The molecule has 134 valence electrons. The van der Waals surface area contributed by atoms with E-state index in [1.165, 1.54) is 0 Å². The maximum Gasteiger partial charge on any atom is 0.271 e. The molecule has 1 heterocycles. The van der Waals surface area contributed by atoms with Gasteiger partial charge in [-0.2, -0.15) is 5.10 Å². The number of rotatable bonds is 4. The van der Waals surface area contributed by atoms with Crippen LogP contribution in [0.1, 0.15) is 28.8 Å². The number of methoxy groups -OCH3 is 1. The minimum atomic E-state index is -0.305. The van der Waals surface area contributed by atoms with Crippen LogP contribution in [0.5, 0.6) is 17.2 Å². The van der Waals surface area contributed by atoms with Crippen LogP contribution >= 0.6 is 0 Å². The summed E-state index contributed by atoms with van der Waals surface area (Å²) >= 11 is 0. The molecular weight excluding hydrogens is 332 g/mol. The first-order valence-electron chi connectivity index (χ1n) is 8.55. The first kappa shape index (κ1) is 16.4. The summed E-state index contributed by atoms with van der Waals surface area (Å²) in [5.74, 6) is 1.72. The van der Waals surface area contributed by atoms with Crippen LogP contribution in [-0.4, -0.2) is 32.4 Å². The molecule has 2 aromatic carbocycles. The fraction of sp³-hybridized carbons (Fsp3) is 0.300. The maximum absolute atomic E-state index is 12.3. The van der Waals surface area contributed by atoms with E-state index in [1.54, 1.807) is 31.5 Å². The molecule has 1 aliphatic carbocycles. The molecule has 1 N–H and O–H groups in total. The third-order valence-corrected chi connectivity index (χ3v) is 4.70. The van der Waals surface area contributed by atoms with Gasteiger partial charge in [-0.25, -0.2) is 5.43 Å². The van der Waals surface area contributed by atoms with Crippen LogP contribution < -0.4 is 19.6 Å².